The largest absolute Gasteiger partial charge is 0.376 e. The molecule has 0 saturated heterocycles. The monoisotopic (exact) mass is 237 g/mol. The summed E-state index contributed by atoms with van der Waals surface area (Å²) in [5, 5.41) is 6.73. The molecule has 3 nitrogen and oxygen atoms in total. The van der Waals surface area contributed by atoms with Crippen LogP contribution < -0.4 is 5.32 Å². The first kappa shape index (κ1) is 11.6. The second kappa shape index (κ2) is 4.53. The van der Waals surface area contributed by atoms with Crippen LogP contribution in [0.15, 0.2) is 24.5 Å². The summed E-state index contributed by atoms with van der Waals surface area (Å²) in [6.07, 6.45) is 3.44. The molecular weight excluding hydrogens is 224 g/mol. The summed E-state index contributed by atoms with van der Waals surface area (Å²) in [6.45, 7) is 1.94. The Morgan fingerprint density at radius 1 is 1.35 bits per heavy atom. The Hall–Kier alpha value is -1.91. The van der Waals surface area contributed by atoms with Crippen LogP contribution in [0.2, 0.25) is 0 Å². The first-order chi connectivity index (χ1) is 8.08. The molecule has 1 aromatic carbocycles. The van der Waals surface area contributed by atoms with Crippen LogP contribution in [-0.2, 0) is 13.6 Å². The molecule has 2 aromatic rings. The lowest BCUT2D eigenvalue weighted by Crippen LogP contribution is -2.04. The van der Waals surface area contributed by atoms with Crippen LogP contribution in [0.1, 0.15) is 11.1 Å². The molecule has 0 unspecified atom stereocenters. The van der Waals surface area contributed by atoms with Gasteiger partial charge in [0.15, 0.2) is 5.82 Å². The smallest absolute Gasteiger partial charge is 0.152 e. The van der Waals surface area contributed by atoms with Gasteiger partial charge in [0.25, 0.3) is 0 Å². The van der Waals surface area contributed by atoms with Gasteiger partial charge in [-0.2, -0.15) is 5.10 Å². The average Bonchev–Trinajstić information content (AvgIpc) is 2.70. The number of nitrogens with one attached hydrogen (secondary N) is 1. The molecule has 0 bridgehead atoms. The predicted octanol–water partition coefficient (Wildman–Crippen LogP) is 2.62. The van der Waals surface area contributed by atoms with Crippen molar-refractivity contribution in [2.45, 2.75) is 13.5 Å². The van der Waals surface area contributed by atoms with Crippen LogP contribution in [0, 0.1) is 18.6 Å². The number of halogens is 2. The van der Waals surface area contributed by atoms with Crippen molar-refractivity contribution in [1.82, 2.24) is 9.78 Å². The Kier molecular flexibility index (Phi) is 3.08. The Bertz CT molecular complexity index is 535. The number of hydrogen-bond donors (Lipinski definition) is 1. The van der Waals surface area contributed by atoms with E-state index in [1.807, 2.05) is 0 Å². The summed E-state index contributed by atoms with van der Waals surface area (Å²) < 4.78 is 28.7. The fourth-order valence-electron chi connectivity index (χ4n) is 1.57. The Morgan fingerprint density at radius 3 is 2.76 bits per heavy atom. The summed E-state index contributed by atoms with van der Waals surface area (Å²) in [6, 6.07) is 2.67. The quantitative estimate of drug-likeness (QED) is 0.889. The molecule has 1 heterocycles. The van der Waals surface area contributed by atoms with E-state index in [-0.39, 0.29) is 5.69 Å². The van der Waals surface area contributed by atoms with E-state index >= 15 is 0 Å². The van der Waals surface area contributed by atoms with Crippen molar-refractivity contribution < 1.29 is 8.78 Å². The maximum absolute atomic E-state index is 13.6. The van der Waals surface area contributed by atoms with Crippen molar-refractivity contribution in [1.29, 1.82) is 0 Å². The predicted molar refractivity (Wildman–Crippen MR) is 61.6 cm³/mol. The number of hydrogen-bond acceptors (Lipinski definition) is 2. The zero-order valence-electron chi connectivity index (χ0n) is 9.67. The minimum Gasteiger partial charge on any atom is -0.376 e. The van der Waals surface area contributed by atoms with Crippen LogP contribution in [0.3, 0.4) is 0 Å². The molecule has 1 aromatic heterocycles. The van der Waals surface area contributed by atoms with Crippen LogP contribution in [0.4, 0.5) is 14.5 Å². The minimum atomic E-state index is -0.586. The first-order valence-corrected chi connectivity index (χ1v) is 5.24. The highest BCUT2D eigenvalue weighted by atomic mass is 19.1. The maximum atomic E-state index is 13.6. The van der Waals surface area contributed by atoms with E-state index in [4.69, 9.17) is 0 Å². The lowest BCUT2D eigenvalue weighted by Gasteiger charge is -2.09. The molecule has 17 heavy (non-hydrogen) atoms. The van der Waals surface area contributed by atoms with Gasteiger partial charge in [0.1, 0.15) is 11.5 Å². The SMILES string of the molecule is Cc1ccc(F)c(NCc2cnn(C)c2)c1F. The molecule has 0 aliphatic carbocycles. The molecule has 0 spiro atoms. The molecule has 5 heteroatoms. The topological polar surface area (TPSA) is 29.9 Å². The third-order valence-electron chi connectivity index (χ3n) is 2.51. The summed E-state index contributed by atoms with van der Waals surface area (Å²) in [5.74, 6) is -1.13. The Labute approximate surface area is 98.1 Å². The van der Waals surface area contributed by atoms with Gasteiger partial charge in [-0.1, -0.05) is 6.07 Å². The second-order valence-electron chi connectivity index (χ2n) is 3.93. The molecule has 90 valence electrons. The highest BCUT2D eigenvalue weighted by molar-refractivity contribution is 5.49. The number of rotatable bonds is 3. The van der Waals surface area contributed by atoms with Gasteiger partial charge in [0.2, 0.25) is 0 Å². The molecule has 0 saturated carbocycles. The molecule has 2 rings (SSSR count). The number of aryl methyl sites for hydroxylation is 2. The Morgan fingerprint density at radius 2 is 2.12 bits per heavy atom. The summed E-state index contributed by atoms with van der Waals surface area (Å²) in [7, 11) is 1.79. The Balaban J connectivity index is 2.16. The summed E-state index contributed by atoms with van der Waals surface area (Å²) >= 11 is 0. The van der Waals surface area contributed by atoms with Crippen molar-refractivity contribution in [3.8, 4) is 0 Å². The van der Waals surface area contributed by atoms with Gasteiger partial charge in [0, 0.05) is 25.4 Å². The van der Waals surface area contributed by atoms with Gasteiger partial charge in [-0.05, 0) is 18.6 Å². The van der Waals surface area contributed by atoms with Crippen molar-refractivity contribution in [2.24, 2.45) is 7.05 Å². The maximum Gasteiger partial charge on any atom is 0.152 e. The number of aromatic nitrogens is 2. The molecule has 1 N–H and O–H groups in total. The van der Waals surface area contributed by atoms with Crippen LogP contribution >= 0.6 is 0 Å². The van der Waals surface area contributed by atoms with E-state index in [1.165, 1.54) is 12.1 Å². The molecule has 0 atom stereocenters. The summed E-state index contributed by atoms with van der Waals surface area (Å²) in [5.41, 5.74) is 1.20. The van der Waals surface area contributed by atoms with Gasteiger partial charge in [0.05, 0.1) is 6.20 Å². The van der Waals surface area contributed by atoms with Crippen LogP contribution in [0.25, 0.3) is 0 Å². The number of anilines is 1. The van der Waals surface area contributed by atoms with E-state index in [2.05, 4.69) is 10.4 Å². The average molecular weight is 237 g/mol. The van der Waals surface area contributed by atoms with Gasteiger partial charge in [-0.3, -0.25) is 4.68 Å². The molecule has 0 radical (unpaired) electrons. The van der Waals surface area contributed by atoms with Crippen molar-refractivity contribution >= 4 is 5.69 Å². The van der Waals surface area contributed by atoms with Crippen molar-refractivity contribution in [3.05, 3.63) is 47.3 Å². The van der Waals surface area contributed by atoms with Crippen molar-refractivity contribution in [2.75, 3.05) is 5.32 Å². The zero-order chi connectivity index (χ0) is 12.4. The fraction of sp³-hybridized carbons (Fsp3) is 0.250. The normalized spacial score (nSPS) is 10.6. The van der Waals surface area contributed by atoms with Crippen LogP contribution in [0.5, 0.6) is 0 Å². The molecular formula is C12H13F2N3. The molecule has 0 aliphatic rings. The van der Waals surface area contributed by atoms with E-state index in [9.17, 15) is 8.78 Å². The van der Waals surface area contributed by atoms with E-state index in [0.717, 1.165) is 5.56 Å². The van der Waals surface area contributed by atoms with Gasteiger partial charge in [-0.15, -0.1) is 0 Å². The third-order valence-corrected chi connectivity index (χ3v) is 2.51. The lowest BCUT2D eigenvalue weighted by molar-refractivity contribution is 0.582. The number of benzene rings is 1. The van der Waals surface area contributed by atoms with E-state index < -0.39 is 11.6 Å². The second-order valence-corrected chi connectivity index (χ2v) is 3.93. The van der Waals surface area contributed by atoms with Gasteiger partial charge < -0.3 is 5.32 Å². The van der Waals surface area contributed by atoms with Crippen molar-refractivity contribution in [3.63, 3.8) is 0 Å². The standard InChI is InChI=1S/C12H13F2N3/c1-8-3-4-10(13)12(11(8)14)15-5-9-6-16-17(2)7-9/h3-4,6-7,15H,5H2,1-2H3. The lowest BCUT2D eigenvalue weighted by atomic mass is 10.2. The molecule has 0 fully saturated rings. The van der Waals surface area contributed by atoms with E-state index in [1.54, 1.807) is 31.0 Å². The minimum absolute atomic E-state index is 0.0890. The van der Waals surface area contributed by atoms with E-state index in [0.29, 0.717) is 12.1 Å². The third kappa shape index (κ3) is 2.43. The highest BCUT2D eigenvalue weighted by Crippen LogP contribution is 2.22. The van der Waals surface area contributed by atoms with Gasteiger partial charge >= 0.3 is 0 Å². The fourth-order valence-corrected chi connectivity index (χ4v) is 1.57. The highest BCUT2D eigenvalue weighted by Gasteiger charge is 2.10. The summed E-state index contributed by atoms with van der Waals surface area (Å²) in [4.78, 5) is 0. The molecule has 0 amide bonds. The van der Waals surface area contributed by atoms with Crippen LogP contribution in [-0.4, -0.2) is 9.78 Å². The first-order valence-electron chi connectivity index (χ1n) is 5.24. The molecule has 0 aliphatic heterocycles. The zero-order valence-corrected chi connectivity index (χ0v) is 9.67. The number of nitrogens with zero attached hydrogens (tertiary/aromatic N) is 2. The van der Waals surface area contributed by atoms with Gasteiger partial charge in [-0.25, -0.2) is 8.78 Å².